The molecule has 0 atom stereocenters. The Kier molecular flexibility index (Phi) is 4.94. The lowest BCUT2D eigenvalue weighted by Gasteiger charge is -2.05. The second kappa shape index (κ2) is 7.49. The van der Waals surface area contributed by atoms with Crippen LogP contribution in [0.4, 0.5) is 4.79 Å². The number of carbonyl (C=O) groups is 1. The molecule has 4 heteroatoms. The van der Waals surface area contributed by atoms with Gasteiger partial charge in [0.2, 0.25) is 0 Å². The molecular weight excluding hydrogens is 290 g/mol. The summed E-state index contributed by atoms with van der Waals surface area (Å²) in [7, 11) is 0. The number of rotatable bonds is 5. The molecule has 2 aromatic rings. The van der Waals surface area contributed by atoms with Gasteiger partial charge in [-0.2, -0.15) is 0 Å². The van der Waals surface area contributed by atoms with Crippen molar-refractivity contribution in [3.63, 3.8) is 0 Å². The van der Waals surface area contributed by atoms with Crippen molar-refractivity contribution in [2.75, 3.05) is 13.2 Å². The van der Waals surface area contributed by atoms with Crippen molar-refractivity contribution >= 4 is 12.2 Å². The van der Waals surface area contributed by atoms with Gasteiger partial charge < -0.3 is 14.8 Å². The maximum Gasteiger partial charge on any atom is 0.407 e. The van der Waals surface area contributed by atoms with E-state index in [-0.39, 0.29) is 6.61 Å². The summed E-state index contributed by atoms with van der Waals surface area (Å²) in [6.45, 7) is 1.47. The lowest BCUT2D eigenvalue weighted by molar-refractivity contribution is 0.141. The van der Waals surface area contributed by atoms with E-state index in [1.54, 1.807) is 0 Å². The summed E-state index contributed by atoms with van der Waals surface area (Å²) in [5.74, 6) is 0.977. The Bertz CT molecular complexity index is 695. The van der Waals surface area contributed by atoms with E-state index in [2.05, 4.69) is 11.4 Å². The number of ether oxygens (including phenoxy) is 2. The van der Waals surface area contributed by atoms with Crippen LogP contribution in [0.15, 0.2) is 54.6 Å². The normalized spacial score (nSPS) is 12.7. The molecule has 2 aromatic carbocycles. The van der Waals surface area contributed by atoms with Gasteiger partial charge in [0.15, 0.2) is 0 Å². The molecule has 23 heavy (non-hydrogen) atoms. The molecule has 0 unspecified atom stereocenters. The molecule has 0 saturated heterocycles. The first kappa shape index (κ1) is 15.2. The van der Waals surface area contributed by atoms with E-state index in [1.807, 2.05) is 54.6 Å². The number of amides is 1. The van der Waals surface area contributed by atoms with Gasteiger partial charge in [-0.1, -0.05) is 48.6 Å². The molecule has 0 spiro atoms. The Morgan fingerprint density at radius 2 is 2.09 bits per heavy atom. The highest BCUT2D eigenvalue weighted by molar-refractivity contribution is 5.67. The van der Waals surface area contributed by atoms with Crippen LogP contribution in [-0.4, -0.2) is 19.2 Å². The lowest BCUT2D eigenvalue weighted by atomic mass is 10.1. The van der Waals surface area contributed by atoms with E-state index < -0.39 is 6.09 Å². The maximum absolute atomic E-state index is 11.6. The summed E-state index contributed by atoms with van der Waals surface area (Å²) >= 11 is 0. The van der Waals surface area contributed by atoms with Crippen molar-refractivity contribution in [2.24, 2.45) is 0 Å². The molecule has 1 amide bonds. The first-order valence-electron chi connectivity index (χ1n) is 7.68. The van der Waals surface area contributed by atoms with Gasteiger partial charge >= 0.3 is 6.09 Å². The third-order valence-electron chi connectivity index (χ3n) is 3.60. The molecule has 0 fully saturated rings. The van der Waals surface area contributed by atoms with Crippen LogP contribution in [0, 0.1) is 0 Å². The van der Waals surface area contributed by atoms with Crippen LogP contribution < -0.4 is 10.1 Å². The number of hydrogen-bond donors (Lipinski definition) is 1. The Morgan fingerprint density at radius 3 is 2.96 bits per heavy atom. The van der Waals surface area contributed by atoms with E-state index in [9.17, 15) is 4.79 Å². The van der Waals surface area contributed by atoms with Crippen LogP contribution in [-0.2, 0) is 17.8 Å². The van der Waals surface area contributed by atoms with Gasteiger partial charge in [-0.05, 0) is 28.8 Å². The number of benzene rings is 2. The third kappa shape index (κ3) is 4.36. The van der Waals surface area contributed by atoms with Crippen molar-refractivity contribution in [3.8, 4) is 5.75 Å². The van der Waals surface area contributed by atoms with Gasteiger partial charge in [0.25, 0.3) is 0 Å². The number of alkyl carbamates (subject to hydrolysis) is 1. The fourth-order valence-corrected chi connectivity index (χ4v) is 2.42. The van der Waals surface area contributed by atoms with Crippen LogP contribution in [0.1, 0.15) is 16.7 Å². The molecule has 0 aliphatic carbocycles. The summed E-state index contributed by atoms with van der Waals surface area (Å²) in [4.78, 5) is 11.6. The molecule has 1 N–H and O–H groups in total. The zero-order chi connectivity index (χ0) is 15.9. The summed E-state index contributed by atoms with van der Waals surface area (Å²) in [6, 6.07) is 15.7. The van der Waals surface area contributed by atoms with Gasteiger partial charge in [0.05, 0.1) is 6.61 Å². The minimum absolute atomic E-state index is 0.279. The number of carbonyl (C=O) groups excluding carboxylic acids is 1. The maximum atomic E-state index is 11.6. The Morgan fingerprint density at radius 1 is 1.22 bits per heavy atom. The fourth-order valence-electron chi connectivity index (χ4n) is 2.42. The quantitative estimate of drug-likeness (QED) is 0.918. The zero-order valence-corrected chi connectivity index (χ0v) is 12.8. The number of nitrogens with one attached hydrogen (secondary N) is 1. The van der Waals surface area contributed by atoms with Crippen molar-refractivity contribution < 1.29 is 14.3 Å². The minimum Gasteiger partial charge on any atom is -0.493 e. The van der Waals surface area contributed by atoms with Crippen LogP contribution >= 0.6 is 0 Å². The van der Waals surface area contributed by atoms with Crippen molar-refractivity contribution in [3.05, 3.63) is 71.3 Å². The van der Waals surface area contributed by atoms with Crippen LogP contribution in [0.5, 0.6) is 5.75 Å². The molecule has 0 aromatic heterocycles. The molecule has 4 nitrogen and oxygen atoms in total. The predicted molar refractivity (Wildman–Crippen MR) is 89.3 cm³/mol. The van der Waals surface area contributed by atoms with Crippen LogP contribution in [0.25, 0.3) is 6.08 Å². The molecule has 118 valence electrons. The molecule has 0 radical (unpaired) electrons. The summed E-state index contributed by atoms with van der Waals surface area (Å²) < 4.78 is 10.6. The Labute approximate surface area is 135 Å². The van der Waals surface area contributed by atoms with Gasteiger partial charge in [0, 0.05) is 13.0 Å². The Hall–Kier alpha value is -2.75. The lowest BCUT2D eigenvalue weighted by Crippen LogP contribution is -2.24. The van der Waals surface area contributed by atoms with Gasteiger partial charge in [-0.3, -0.25) is 0 Å². The van der Waals surface area contributed by atoms with E-state index in [4.69, 9.17) is 9.47 Å². The molecule has 1 aliphatic rings. The average Bonchev–Trinajstić information content (AvgIpc) is 3.05. The van der Waals surface area contributed by atoms with Crippen molar-refractivity contribution in [1.29, 1.82) is 0 Å². The van der Waals surface area contributed by atoms with Crippen LogP contribution in [0.2, 0.25) is 0 Å². The second-order valence-electron chi connectivity index (χ2n) is 5.31. The second-order valence-corrected chi connectivity index (χ2v) is 5.31. The minimum atomic E-state index is -0.416. The molecular formula is C19H19NO3. The van der Waals surface area contributed by atoms with E-state index in [0.29, 0.717) is 6.54 Å². The highest BCUT2D eigenvalue weighted by Gasteiger charge is 2.10. The Balaban J connectivity index is 1.41. The smallest absolute Gasteiger partial charge is 0.407 e. The first-order chi connectivity index (χ1) is 11.3. The van der Waals surface area contributed by atoms with E-state index in [0.717, 1.165) is 29.9 Å². The monoisotopic (exact) mass is 309 g/mol. The standard InChI is InChI=1S/C19H19NO3/c21-19(23-14-16-5-2-1-3-6-16)20-11-4-7-15-8-9-18-17(13-15)10-12-22-18/h1-9,13H,10-12,14H2,(H,20,21). The third-order valence-corrected chi connectivity index (χ3v) is 3.60. The average molecular weight is 309 g/mol. The van der Waals surface area contributed by atoms with Crippen molar-refractivity contribution in [1.82, 2.24) is 5.32 Å². The molecule has 0 saturated carbocycles. The first-order valence-corrected chi connectivity index (χ1v) is 7.68. The molecule has 3 rings (SSSR count). The number of fused-ring (bicyclic) bond motifs is 1. The highest BCUT2D eigenvalue weighted by Crippen LogP contribution is 2.26. The fraction of sp³-hybridized carbons (Fsp3) is 0.211. The number of hydrogen-bond acceptors (Lipinski definition) is 3. The van der Waals surface area contributed by atoms with Gasteiger partial charge in [-0.15, -0.1) is 0 Å². The van der Waals surface area contributed by atoms with Crippen molar-refractivity contribution in [2.45, 2.75) is 13.0 Å². The SMILES string of the molecule is O=C(NCC=Cc1ccc2c(c1)CCO2)OCc1ccccc1. The summed E-state index contributed by atoms with van der Waals surface area (Å²) in [5, 5.41) is 2.70. The highest BCUT2D eigenvalue weighted by atomic mass is 16.5. The summed E-state index contributed by atoms with van der Waals surface area (Å²) in [5.41, 5.74) is 3.31. The van der Waals surface area contributed by atoms with E-state index >= 15 is 0 Å². The van der Waals surface area contributed by atoms with Gasteiger partial charge in [-0.25, -0.2) is 4.79 Å². The molecule has 1 heterocycles. The topological polar surface area (TPSA) is 47.6 Å². The molecule has 1 aliphatic heterocycles. The van der Waals surface area contributed by atoms with E-state index in [1.165, 1.54) is 5.56 Å². The largest absolute Gasteiger partial charge is 0.493 e. The predicted octanol–water partition coefficient (Wildman–Crippen LogP) is 3.56. The summed E-state index contributed by atoms with van der Waals surface area (Å²) in [6.07, 6.45) is 4.43. The van der Waals surface area contributed by atoms with Gasteiger partial charge in [0.1, 0.15) is 12.4 Å². The molecule has 0 bridgehead atoms. The van der Waals surface area contributed by atoms with Crippen LogP contribution in [0.3, 0.4) is 0 Å². The zero-order valence-electron chi connectivity index (χ0n) is 12.8.